The van der Waals surface area contributed by atoms with E-state index in [1.54, 1.807) is 4.42 Å². The summed E-state index contributed by atoms with van der Waals surface area (Å²) >= 11 is 5.78. The van der Waals surface area contributed by atoms with E-state index >= 15 is 0 Å². The van der Waals surface area contributed by atoms with Gasteiger partial charge in [0.15, 0.2) is 0 Å². The van der Waals surface area contributed by atoms with E-state index in [1.807, 2.05) is 0 Å². The average molecular weight is 136 g/mol. The molecule has 0 aliphatic heterocycles. The standard InChI is InChI=1S/C6H14ClN/c1-5(2)8(7)6(3)4/h5-6H,1-4H3/q+1. The van der Waals surface area contributed by atoms with Crippen molar-refractivity contribution in [2.24, 2.45) is 0 Å². The third-order valence-corrected chi connectivity index (χ3v) is 1.77. The molecule has 0 atom stereocenters. The summed E-state index contributed by atoms with van der Waals surface area (Å²) in [4.78, 5) is 0. The Labute approximate surface area is 56.7 Å². The van der Waals surface area contributed by atoms with Gasteiger partial charge >= 0.3 is 0 Å². The first-order valence-electron chi connectivity index (χ1n) is 2.99. The van der Waals surface area contributed by atoms with E-state index in [-0.39, 0.29) is 0 Å². The predicted molar refractivity (Wildman–Crippen MR) is 38.3 cm³/mol. The van der Waals surface area contributed by atoms with Crippen molar-refractivity contribution >= 4 is 11.8 Å². The zero-order chi connectivity index (χ0) is 6.73. The Balaban J connectivity index is 3.46. The van der Waals surface area contributed by atoms with Crippen molar-refractivity contribution in [3.63, 3.8) is 0 Å². The Hall–Kier alpha value is 0.250. The summed E-state index contributed by atoms with van der Waals surface area (Å²) in [6.45, 7) is 8.31. The van der Waals surface area contributed by atoms with Gasteiger partial charge in [-0.15, -0.1) is 0 Å². The molecule has 0 aliphatic carbocycles. The number of hydrogen-bond acceptors (Lipinski definition) is 1. The SMILES string of the molecule is CC(C)[N+](Cl)C(C)C. The van der Waals surface area contributed by atoms with Crippen LogP contribution in [0.2, 0.25) is 0 Å². The van der Waals surface area contributed by atoms with Crippen LogP contribution in [0.25, 0.3) is 0 Å². The van der Waals surface area contributed by atoms with Crippen LogP contribution in [0, 0.1) is 0 Å². The summed E-state index contributed by atoms with van der Waals surface area (Å²) in [5.41, 5.74) is 0. The smallest absolute Gasteiger partial charge is 0.0539 e. The second-order valence-corrected chi connectivity index (χ2v) is 2.92. The Kier molecular flexibility index (Phi) is 3.41. The summed E-state index contributed by atoms with van der Waals surface area (Å²) in [5.74, 6) is 0. The van der Waals surface area contributed by atoms with Gasteiger partial charge in [-0.1, -0.05) is 4.42 Å². The molecule has 0 aromatic heterocycles. The highest BCUT2D eigenvalue weighted by atomic mass is 35.5. The van der Waals surface area contributed by atoms with Crippen LogP contribution in [-0.4, -0.2) is 12.1 Å². The van der Waals surface area contributed by atoms with E-state index in [1.165, 1.54) is 0 Å². The second-order valence-electron chi connectivity index (χ2n) is 2.53. The van der Waals surface area contributed by atoms with Crippen molar-refractivity contribution in [2.45, 2.75) is 39.8 Å². The average Bonchev–Trinajstić information content (AvgIpc) is 1.64. The first-order chi connectivity index (χ1) is 3.55. The monoisotopic (exact) mass is 135 g/mol. The summed E-state index contributed by atoms with van der Waals surface area (Å²) in [6, 6.07) is 0.883. The van der Waals surface area contributed by atoms with Gasteiger partial charge in [0.05, 0.1) is 0 Å². The zero-order valence-corrected chi connectivity index (χ0v) is 6.74. The largest absolute Gasteiger partial charge is 0.226 e. The second kappa shape index (κ2) is 3.31. The van der Waals surface area contributed by atoms with Crippen LogP contribution in [0.15, 0.2) is 0 Å². The minimum atomic E-state index is 0.441. The highest BCUT2D eigenvalue weighted by Crippen LogP contribution is 2.02. The molecule has 1 radical (unpaired) electrons. The van der Waals surface area contributed by atoms with Gasteiger partial charge in [0.2, 0.25) is 11.8 Å². The summed E-state index contributed by atoms with van der Waals surface area (Å²) in [6.07, 6.45) is 0. The van der Waals surface area contributed by atoms with Gasteiger partial charge in [0.25, 0.3) is 0 Å². The van der Waals surface area contributed by atoms with Gasteiger partial charge in [-0.2, -0.15) is 0 Å². The Morgan fingerprint density at radius 3 is 1.25 bits per heavy atom. The lowest BCUT2D eigenvalue weighted by Crippen LogP contribution is -2.33. The first-order valence-corrected chi connectivity index (χ1v) is 3.33. The summed E-state index contributed by atoms with van der Waals surface area (Å²) < 4.78 is 1.81. The molecule has 0 N–H and O–H groups in total. The van der Waals surface area contributed by atoms with Crippen LogP contribution in [-0.2, 0) is 0 Å². The maximum absolute atomic E-state index is 5.78. The lowest BCUT2D eigenvalue weighted by Gasteiger charge is -2.08. The Morgan fingerprint density at radius 2 is 1.25 bits per heavy atom. The van der Waals surface area contributed by atoms with Crippen LogP contribution in [0.3, 0.4) is 0 Å². The molecule has 0 unspecified atom stereocenters. The van der Waals surface area contributed by atoms with Crippen molar-refractivity contribution in [1.82, 2.24) is 4.42 Å². The topological polar surface area (TPSA) is 5.90 Å². The zero-order valence-electron chi connectivity index (χ0n) is 5.98. The maximum atomic E-state index is 5.78. The predicted octanol–water partition coefficient (Wildman–Crippen LogP) is 2.10. The van der Waals surface area contributed by atoms with Crippen molar-refractivity contribution in [3.8, 4) is 0 Å². The van der Waals surface area contributed by atoms with Crippen LogP contribution in [0.1, 0.15) is 27.7 Å². The molecular formula is C6H14ClN+. The van der Waals surface area contributed by atoms with E-state index in [2.05, 4.69) is 27.7 Å². The number of hydrogen-bond donors (Lipinski definition) is 0. The highest BCUT2D eigenvalue weighted by Gasteiger charge is 2.20. The molecule has 0 rings (SSSR count). The highest BCUT2D eigenvalue weighted by molar-refractivity contribution is 6.15. The van der Waals surface area contributed by atoms with E-state index in [4.69, 9.17) is 11.8 Å². The fraction of sp³-hybridized carbons (Fsp3) is 1.00. The third-order valence-electron chi connectivity index (χ3n) is 0.987. The van der Waals surface area contributed by atoms with Gasteiger partial charge in [-0.3, -0.25) is 0 Å². The third kappa shape index (κ3) is 2.53. The Morgan fingerprint density at radius 1 is 1.00 bits per heavy atom. The van der Waals surface area contributed by atoms with E-state index in [0.717, 1.165) is 0 Å². The van der Waals surface area contributed by atoms with E-state index in [0.29, 0.717) is 12.1 Å². The van der Waals surface area contributed by atoms with Crippen LogP contribution >= 0.6 is 11.8 Å². The molecule has 0 aromatic rings. The molecule has 8 heavy (non-hydrogen) atoms. The van der Waals surface area contributed by atoms with E-state index < -0.39 is 0 Å². The molecule has 49 valence electrons. The minimum Gasteiger partial charge on any atom is -0.0539 e. The van der Waals surface area contributed by atoms with Gasteiger partial charge in [0.1, 0.15) is 12.1 Å². The molecule has 2 heteroatoms. The van der Waals surface area contributed by atoms with E-state index in [9.17, 15) is 0 Å². The van der Waals surface area contributed by atoms with Crippen molar-refractivity contribution in [2.75, 3.05) is 0 Å². The van der Waals surface area contributed by atoms with Crippen LogP contribution in [0.5, 0.6) is 0 Å². The molecule has 0 heterocycles. The van der Waals surface area contributed by atoms with Crippen LogP contribution < -0.4 is 4.42 Å². The first kappa shape index (κ1) is 8.25. The molecule has 0 fully saturated rings. The molecule has 0 saturated carbocycles. The fourth-order valence-corrected chi connectivity index (χ4v) is 0.596. The van der Waals surface area contributed by atoms with Crippen molar-refractivity contribution in [3.05, 3.63) is 0 Å². The fourth-order valence-electron chi connectivity index (χ4n) is 0.596. The molecule has 0 aromatic carbocycles. The van der Waals surface area contributed by atoms with Crippen LogP contribution in [0.4, 0.5) is 0 Å². The molecule has 0 saturated heterocycles. The van der Waals surface area contributed by atoms with Crippen molar-refractivity contribution in [1.29, 1.82) is 0 Å². The minimum absolute atomic E-state index is 0.441. The lowest BCUT2D eigenvalue weighted by molar-refractivity contribution is 0.440. The number of nitrogens with zero attached hydrogens (tertiary/aromatic N) is 1. The summed E-state index contributed by atoms with van der Waals surface area (Å²) in [5, 5.41) is 0. The quantitative estimate of drug-likeness (QED) is 0.512. The van der Waals surface area contributed by atoms with Gasteiger partial charge in [-0.05, 0) is 27.7 Å². The molecule has 0 spiro atoms. The van der Waals surface area contributed by atoms with Gasteiger partial charge in [0, 0.05) is 0 Å². The summed E-state index contributed by atoms with van der Waals surface area (Å²) in [7, 11) is 0. The normalized spacial score (nSPS) is 12.0. The molecule has 0 amide bonds. The Bertz CT molecular complexity index is 53.5. The van der Waals surface area contributed by atoms with Gasteiger partial charge in [-0.25, -0.2) is 0 Å². The molecule has 0 aliphatic rings. The molecule has 1 nitrogen and oxygen atoms in total. The maximum Gasteiger partial charge on any atom is 0.226 e. The molecule has 0 bridgehead atoms. The number of rotatable bonds is 2. The van der Waals surface area contributed by atoms with Crippen molar-refractivity contribution < 1.29 is 0 Å². The molecular weight excluding hydrogens is 122 g/mol. The van der Waals surface area contributed by atoms with Gasteiger partial charge < -0.3 is 0 Å². The lowest BCUT2D eigenvalue weighted by atomic mass is 10.3. The number of halogens is 1.